The van der Waals surface area contributed by atoms with Crippen molar-refractivity contribution >= 4 is 17.3 Å². The number of hydrogen-bond acceptors (Lipinski definition) is 5. The van der Waals surface area contributed by atoms with Gasteiger partial charge in [-0.05, 0) is 12.1 Å². The van der Waals surface area contributed by atoms with Crippen molar-refractivity contribution in [3.63, 3.8) is 0 Å². The molecule has 7 nitrogen and oxygen atoms in total. The van der Waals surface area contributed by atoms with Crippen LogP contribution in [0.15, 0.2) is 24.5 Å². The Labute approximate surface area is 107 Å². The highest BCUT2D eigenvalue weighted by Gasteiger charge is 2.27. The highest BCUT2D eigenvalue weighted by molar-refractivity contribution is 6.32. The second kappa shape index (κ2) is 5.11. The summed E-state index contributed by atoms with van der Waals surface area (Å²) in [4.78, 5) is 14.3. The molecule has 94 valence electrons. The fourth-order valence-electron chi connectivity index (χ4n) is 1.50. The van der Waals surface area contributed by atoms with E-state index in [1.165, 1.54) is 11.8 Å². The molecule has 0 N–H and O–H groups in total. The van der Waals surface area contributed by atoms with Crippen molar-refractivity contribution in [2.45, 2.75) is 6.61 Å². The van der Waals surface area contributed by atoms with Crippen LogP contribution in [0.5, 0.6) is 0 Å². The van der Waals surface area contributed by atoms with Crippen molar-refractivity contribution in [1.82, 2.24) is 14.8 Å². The molecule has 0 saturated carbocycles. The molecule has 2 rings (SSSR count). The number of aromatic nitrogens is 3. The Morgan fingerprint density at radius 2 is 2.17 bits per heavy atom. The second-order valence-electron chi connectivity index (χ2n) is 3.39. The van der Waals surface area contributed by atoms with Crippen LogP contribution in [0, 0.1) is 10.1 Å². The minimum atomic E-state index is -0.568. The molecule has 0 aromatic carbocycles. The molecule has 18 heavy (non-hydrogen) atoms. The average molecular weight is 269 g/mol. The summed E-state index contributed by atoms with van der Waals surface area (Å²) in [5.74, 6) is 0. The maximum Gasteiger partial charge on any atom is 0.331 e. The number of ether oxygens (including phenoxy) is 1. The second-order valence-corrected chi connectivity index (χ2v) is 3.75. The van der Waals surface area contributed by atoms with E-state index in [9.17, 15) is 10.1 Å². The first-order valence-electron chi connectivity index (χ1n) is 4.96. The molecule has 0 radical (unpaired) electrons. The Kier molecular flexibility index (Phi) is 3.54. The predicted octanol–water partition coefficient (Wildman–Crippen LogP) is 1.98. The fraction of sp³-hybridized carbons (Fsp3) is 0.200. The lowest BCUT2D eigenvalue weighted by atomic mass is 10.4. The molecule has 0 aliphatic heterocycles. The highest BCUT2D eigenvalue weighted by atomic mass is 35.5. The van der Waals surface area contributed by atoms with E-state index in [2.05, 4.69) is 10.1 Å². The topological polar surface area (TPSA) is 83.1 Å². The van der Waals surface area contributed by atoms with Gasteiger partial charge in [-0.15, -0.1) is 0 Å². The van der Waals surface area contributed by atoms with E-state index >= 15 is 0 Å². The molecule has 0 bridgehead atoms. The average Bonchev–Trinajstić information content (AvgIpc) is 2.68. The van der Waals surface area contributed by atoms with Crippen LogP contribution in [0.1, 0.15) is 5.69 Å². The standard InChI is InChI=1S/C10H9ClN4O3/c1-18-6-8-9(15(16)17)10(11)14(13-8)7-2-4-12-5-3-7/h2-5H,6H2,1H3. The summed E-state index contributed by atoms with van der Waals surface area (Å²) in [7, 11) is 1.43. The number of rotatable bonds is 4. The van der Waals surface area contributed by atoms with Gasteiger partial charge in [0.05, 0.1) is 17.2 Å². The zero-order valence-electron chi connectivity index (χ0n) is 9.41. The summed E-state index contributed by atoms with van der Waals surface area (Å²) < 4.78 is 6.16. The van der Waals surface area contributed by atoms with Crippen LogP contribution < -0.4 is 0 Å². The van der Waals surface area contributed by atoms with E-state index in [1.54, 1.807) is 24.5 Å². The van der Waals surface area contributed by atoms with Crippen molar-refractivity contribution in [3.8, 4) is 5.69 Å². The summed E-state index contributed by atoms with van der Waals surface area (Å²) in [6, 6.07) is 3.30. The predicted molar refractivity (Wildman–Crippen MR) is 63.7 cm³/mol. The normalized spacial score (nSPS) is 10.6. The fourth-order valence-corrected chi connectivity index (χ4v) is 1.82. The Hall–Kier alpha value is -1.99. The van der Waals surface area contributed by atoms with Gasteiger partial charge in [0.15, 0.2) is 5.69 Å². The van der Waals surface area contributed by atoms with Crippen LogP contribution in [0.2, 0.25) is 5.15 Å². The lowest BCUT2D eigenvalue weighted by Gasteiger charge is -2.00. The first-order valence-corrected chi connectivity index (χ1v) is 5.34. The number of nitro groups is 1. The van der Waals surface area contributed by atoms with Crippen LogP contribution in [0.25, 0.3) is 5.69 Å². The first-order chi connectivity index (χ1) is 8.65. The minimum Gasteiger partial charge on any atom is -0.378 e. The number of methoxy groups -OCH3 is 1. The molecule has 0 unspecified atom stereocenters. The van der Waals surface area contributed by atoms with Crippen LogP contribution in [-0.2, 0) is 11.3 Å². The van der Waals surface area contributed by atoms with Gasteiger partial charge in [-0.3, -0.25) is 15.1 Å². The van der Waals surface area contributed by atoms with Gasteiger partial charge in [-0.1, -0.05) is 11.6 Å². The molecule has 2 aromatic heterocycles. The van der Waals surface area contributed by atoms with Gasteiger partial charge in [0.25, 0.3) is 0 Å². The maximum absolute atomic E-state index is 11.0. The zero-order chi connectivity index (χ0) is 13.1. The minimum absolute atomic E-state index is 0.0219. The van der Waals surface area contributed by atoms with Crippen molar-refractivity contribution in [1.29, 1.82) is 0 Å². The van der Waals surface area contributed by atoms with Crippen molar-refractivity contribution in [2.24, 2.45) is 0 Å². The Balaban J connectivity index is 2.57. The van der Waals surface area contributed by atoms with Crippen LogP contribution >= 0.6 is 11.6 Å². The smallest absolute Gasteiger partial charge is 0.331 e. The van der Waals surface area contributed by atoms with E-state index < -0.39 is 4.92 Å². The van der Waals surface area contributed by atoms with Gasteiger partial charge >= 0.3 is 5.69 Å². The molecular formula is C10H9ClN4O3. The zero-order valence-corrected chi connectivity index (χ0v) is 10.2. The Morgan fingerprint density at radius 3 is 2.72 bits per heavy atom. The van der Waals surface area contributed by atoms with Gasteiger partial charge in [0.2, 0.25) is 5.15 Å². The monoisotopic (exact) mass is 268 g/mol. The van der Waals surface area contributed by atoms with E-state index in [4.69, 9.17) is 16.3 Å². The van der Waals surface area contributed by atoms with Gasteiger partial charge in [0.1, 0.15) is 0 Å². The molecule has 0 aliphatic rings. The molecule has 2 aromatic rings. The molecular weight excluding hydrogens is 260 g/mol. The number of hydrogen-bond donors (Lipinski definition) is 0. The Bertz CT molecular complexity index is 570. The Morgan fingerprint density at radius 1 is 1.50 bits per heavy atom. The van der Waals surface area contributed by atoms with E-state index in [0.717, 1.165) is 0 Å². The number of halogens is 1. The van der Waals surface area contributed by atoms with Gasteiger partial charge in [0, 0.05) is 19.5 Å². The summed E-state index contributed by atoms with van der Waals surface area (Å²) in [5, 5.41) is 15.0. The lowest BCUT2D eigenvalue weighted by molar-refractivity contribution is -0.385. The third-order valence-corrected chi connectivity index (χ3v) is 2.59. The number of nitrogens with zero attached hydrogens (tertiary/aromatic N) is 4. The SMILES string of the molecule is COCc1nn(-c2ccncc2)c(Cl)c1[N+](=O)[O-]. The molecule has 0 spiro atoms. The molecule has 0 fully saturated rings. The van der Waals surface area contributed by atoms with E-state index in [-0.39, 0.29) is 23.1 Å². The number of pyridine rings is 1. The van der Waals surface area contributed by atoms with Crippen LogP contribution in [-0.4, -0.2) is 26.8 Å². The van der Waals surface area contributed by atoms with E-state index in [1.807, 2.05) is 0 Å². The molecule has 0 amide bonds. The van der Waals surface area contributed by atoms with Gasteiger partial charge in [-0.25, -0.2) is 4.68 Å². The first kappa shape index (κ1) is 12.5. The van der Waals surface area contributed by atoms with E-state index in [0.29, 0.717) is 5.69 Å². The summed E-state index contributed by atoms with van der Waals surface area (Å²) in [6.45, 7) is 0.0219. The van der Waals surface area contributed by atoms with Crippen molar-refractivity contribution in [3.05, 3.63) is 45.5 Å². The quantitative estimate of drug-likeness (QED) is 0.625. The van der Waals surface area contributed by atoms with Crippen LogP contribution in [0.4, 0.5) is 5.69 Å². The molecule has 8 heteroatoms. The van der Waals surface area contributed by atoms with Crippen molar-refractivity contribution in [2.75, 3.05) is 7.11 Å². The molecule has 0 atom stereocenters. The van der Waals surface area contributed by atoms with Crippen LogP contribution in [0.3, 0.4) is 0 Å². The van der Waals surface area contributed by atoms with Gasteiger partial charge in [-0.2, -0.15) is 5.10 Å². The van der Waals surface area contributed by atoms with Gasteiger partial charge < -0.3 is 4.74 Å². The third-order valence-electron chi connectivity index (χ3n) is 2.25. The largest absolute Gasteiger partial charge is 0.378 e. The third kappa shape index (κ3) is 2.18. The molecule has 0 saturated heterocycles. The molecule has 2 heterocycles. The highest BCUT2D eigenvalue weighted by Crippen LogP contribution is 2.30. The summed E-state index contributed by atoms with van der Waals surface area (Å²) in [6.07, 6.45) is 3.10. The lowest BCUT2D eigenvalue weighted by Crippen LogP contribution is -1.98. The molecule has 0 aliphatic carbocycles. The maximum atomic E-state index is 11.0. The summed E-state index contributed by atoms with van der Waals surface area (Å²) in [5.41, 5.74) is 0.542. The van der Waals surface area contributed by atoms with Crippen molar-refractivity contribution < 1.29 is 9.66 Å². The summed E-state index contributed by atoms with van der Waals surface area (Å²) >= 11 is 5.98.